The minimum atomic E-state index is 0.0389. The highest BCUT2D eigenvalue weighted by Crippen LogP contribution is 2.13. The van der Waals surface area contributed by atoms with Gasteiger partial charge in [-0.2, -0.15) is 0 Å². The third kappa shape index (κ3) is 5.75. The summed E-state index contributed by atoms with van der Waals surface area (Å²) in [6.07, 6.45) is 1.23. The van der Waals surface area contributed by atoms with E-state index < -0.39 is 0 Å². The topological polar surface area (TPSA) is 52.6 Å². The van der Waals surface area contributed by atoms with Crippen molar-refractivity contribution in [2.45, 2.75) is 19.8 Å². The monoisotopic (exact) mass is 264 g/mol. The van der Waals surface area contributed by atoms with Gasteiger partial charge < -0.3 is 15.3 Å². The van der Waals surface area contributed by atoms with Crippen LogP contribution in [-0.2, 0) is 11.2 Å². The quantitative estimate of drug-likeness (QED) is 0.783. The van der Waals surface area contributed by atoms with Crippen LogP contribution in [0.5, 0.6) is 0 Å². The van der Waals surface area contributed by atoms with E-state index in [0.717, 1.165) is 17.7 Å². The summed E-state index contributed by atoms with van der Waals surface area (Å²) >= 11 is 0. The van der Waals surface area contributed by atoms with Crippen LogP contribution < -0.4 is 10.2 Å². The average Bonchev–Trinajstić information content (AvgIpc) is 2.42. The van der Waals surface area contributed by atoms with Gasteiger partial charge in [0.1, 0.15) is 0 Å². The fourth-order valence-electron chi connectivity index (χ4n) is 1.66. The van der Waals surface area contributed by atoms with Gasteiger partial charge in [0, 0.05) is 39.4 Å². The number of amides is 1. The Bertz CT molecular complexity index is 388. The lowest BCUT2D eigenvalue weighted by Crippen LogP contribution is -2.29. The molecule has 4 heteroatoms. The Morgan fingerprint density at radius 2 is 1.95 bits per heavy atom. The molecule has 19 heavy (non-hydrogen) atoms. The lowest BCUT2D eigenvalue weighted by Gasteiger charge is -2.13. The fourth-order valence-corrected chi connectivity index (χ4v) is 1.66. The summed E-state index contributed by atoms with van der Waals surface area (Å²) < 4.78 is 0. The molecule has 106 valence electrons. The molecule has 0 aliphatic heterocycles. The molecule has 0 aliphatic carbocycles. The lowest BCUT2D eigenvalue weighted by molar-refractivity contribution is -0.121. The number of nitrogens with zero attached hydrogens (tertiary/aromatic N) is 1. The van der Waals surface area contributed by atoms with Crippen LogP contribution in [-0.4, -0.2) is 38.3 Å². The van der Waals surface area contributed by atoms with Crippen molar-refractivity contribution in [2.24, 2.45) is 5.92 Å². The molecule has 1 aromatic carbocycles. The molecule has 0 aliphatic rings. The predicted octanol–water partition coefficient (Wildman–Crippen LogP) is 1.43. The Morgan fingerprint density at radius 3 is 2.47 bits per heavy atom. The summed E-state index contributed by atoms with van der Waals surface area (Å²) in [5.41, 5.74) is 2.32. The van der Waals surface area contributed by atoms with Gasteiger partial charge in [-0.05, 0) is 30.0 Å². The van der Waals surface area contributed by atoms with E-state index in [0.29, 0.717) is 13.0 Å². The summed E-state index contributed by atoms with van der Waals surface area (Å²) in [7, 11) is 4.01. The summed E-state index contributed by atoms with van der Waals surface area (Å²) in [6, 6.07) is 8.22. The Hall–Kier alpha value is -1.55. The number of carbonyl (C=O) groups is 1. The Kier molecular flexibility index (Phi) is 6.36. The molecule has 2 N–H and O–H groups in total. The highest BCUT2D eigenvalue weighted by Gasteiger charge is 2.05. The number of aliphatic hydroxyl groups excluding tert-OH is 1. The summed E-state index contributed by atoms with van der Waals surface area (Å²) in [4.78, 5) is 13.7. The van der Waals surface area contributed by atoms with Crippen molar-refractivity contribution in [2.75, 3.05) is 32.1 Å². The highest BCUT2D eigenvalue weighted by molar-refractivity contribution is 5.76. The standard InChI is InChI=1S/C15H24N2O2/c1-12(11-18)10-16-15(19)9-6-13-4-7-14(8-5-13)17(2)3/h4-5,7-8,12,18H,6,9-11H2,1-3H3,(H,16,19). The van der Waals surface area contributed by atoms with Gasteiger partial charge in [0.05, 0.1) is 0 Å². The highest BCUT2D eigenvalue weighted by atomic mass is 16.3. The van der Waals surface area contributed by atoms with Crippen LogP contribution in [0.3, 0.4) is 0 Å². The van der Waals surface area contributed by atoms with Gasteiger partial charge in [0.25, 0.3) is 0 Å². The number of carbonyl (C=O) groups excluding carboxylic acids is 1. The summed E-state index contributed by atoms with van der Waals surface area (Å²) in [5.74, 6) is 0.153. The zero-order valence-electron chi connectivity index (χ0n) is 12.0. The second-order valence-corrected chi connectivity index (χ2v) is 5.15. The van der Waals surface area contributed by atoms with Crippen molar-refractivity contribution in [3.63, 3.8) is 0 Å². The van der Waals surface area contributed by atoms with E-state index in [2.05, 4.69) is 29.6 Å². The maximum absolute atomic E-state index is 11.6. The Labute approximate surface area is 115 Å². The van der Waals surface area contributed by atoms with Crippen molar-refractivity contribution in [1.82, 2.24) is 5.32 Å². The Morgan fingerprint density at radius 1 is 1.32 bits per heavy atom. The number of nitrogens with one attached hydrogen (secondary N) is 1. The molecule has 1 aromatic rings. The predicted molar refractivity (Wildman–Crippen MR) is 78.3 cm³/mol. The summed E-state index contributed by atoms with van der Waals surface area (Å²) in [5, 5.41) is 11.7. The van der Waals surface area contributed by atoms with Crippen LogP contribution in [0.2, 0.25) is 0 Å². The van der Waals surface area contributed by atoms with Crippen molar-refractivity contribution in [3.05, 3.63) is 29.8 Å². The molecule has 0 aromatic heterocycles. The first-order valence-corrected chi connectivity index (χ1v) is 6.66. The largest absolute Gasteiger partial charge is 0.396 e. The van der Waals surface area contributed by atoms with E-state index in [1.807, 2.05) is 25.9 Å². The number of hydrogen-bond acceptors (Lipinski definition) is 3. The van der Waals surface area contributed by atoms with E-state index in [9.17, 15) is 4.79 Å². The van der Waals surface area contributed by atoms with Crippen molar-refractivity contribution >= 4 is 11.6 Å². The van der Waals surface area contributed by atoms with Crippen LogP contribution in [0.4, 0.5) is 5.69 Å². The summed E-state index contributed by atoms with van der Waals surface area (Å²) in [6.45, 7) is 2.54. The van der Waals surface area contributed by atoms with Gasteiger partial charge >= 0.3 is 0 Å². The number of hydrogen-bond donors (Lipinski definition) is 2. The molecule has 4 nitrogen and oxygen atoms in total. The second-order valence-electron chi connectivity index (χ2n) is 5.15. The van der Waals surface area contributed by atoms with E-state index >= 15 is 0 Å². The van der Waals surface area contributed by atoms with Crippen LogP contribution in [0.15, 0.2) is 24.3 Å². The fraction of sp³-hybridized carbons (Fsp3) is 0.533. The number of benzene rings is 1. The first-order chi connectivity index (χ1) is 9.02. The molecule has 1 amide bonds. The molecule has 0 spiro atoms. The first-order valence-electron chi connectivity index (χ1n) is 6.66. The van der Waals surface area contributed by atoms with E-state index in [4.69, 9.17) is 5.11 Å². The number of anilines is 1. The SMILES string of the molecule is CC(CO)CNC(=O)CCc1ccc(N(C)C)cc1. The lowest BCUT2D eigenvalue weighted by atomic mass is 10.1. The first kappa shape index (κ1) is 15.5. The third-order valence-corrected chi connectivity index (χ3v) is 3.05. The zero-order valence-corrected chi connectivity index (χ0v) is 12.0. The molecule has 1 atom stereocenters. The van der Waals surface area contributed by atoms with E-state index in [1.165, 1.54) is 0 Å². The molecule has 1 rings (SSSR count). The molecular formula is C15H24N2O2. The number of aryl methyl sites for hydroxylation is 1. The molecule has 0 saturated carbocycles. The van der Waals surface area contributed by atoms with Gasteiger partial charge in [0.2, 0.25) is 5.91 Å². The molecule has 1 unspecified atom stereocenters. The zero-order chi connectivity index (χ0) is 14.3. The normalized spacial score (nSPS) is 12.0. The molecule has 0 heterocycles. The minimum absolute atomic E-state index is 0.0389. The van der Waals surface area contributed by atoms with E-state index in [-0.39, 0.29) is 18.4 Å². The van der Waals surface area contributed by atoms with Gasteiger partial charge in [0.15, 0.2) is 0 Å². The van der Waals surface area contributed by atoms with Crippen molar-refractivity contribution in [3.8, 4) is 0 Å². The van der Waals surface area contributed by atoms with Crippen molar-refractivity contribution in [1.29, 1.82) is 0 Å². The third-order valence-electron chi connectivity index (χ3n) is 3.05. The maximum Gasteiger partial charge on any atom is 0.220 e. The van der Waals surface area contributed by atoms with E-state index in [1.54, 1.807) is 0 Å². The maximum atomic E-state index is 11.6. The molecule has 0 radical (unpaired) electrons. The number of aliphatic hydroxyl groups is 1. The van der Waals surface area contributed by atoms with Crippen LogP contribution in [0.25, 0.3) is 0 Å². The average molecular weight is 264 g/mol. The smallest absolute Gasteiger partial charge is 0.220 e. The number of rotatable bonds is 7. The van der Waals surface area contributed by atoms with Gasteiger partial charge in [-0.1, -0.05) is 19.1 Å². The van der Waals surface area contributed by atoms with Gasteiger partial charge in [-0.3, -0.25) is 4.79 Å². The van der Waals surface area contributed by atoms with Crippen LogP contribution in [0.1, 0.15) is 18.9 Å². The molecule has 0 fully saturated rings. The second kappa shape index (κ2) is 7.79. The van der Waals surface area contributed by atoms with Gasteiger partial charge in [-0.15, -0.1) is 0 Å². The minimum Gasteiger partial charge on any atom is -0.396 e. The van der Waals surface area contributed by atoms with Gasteiger partial charge in [-0.25, -0.2) is 0 Å². The van der Waals surface area contributed by atoms with Crippen LogP contribution in [0, 0.1) is 5.92 Å². The molecule has 0 bridgehead atoms. The Balaban J connectivity index is 2.33. The molecule has 0 saturated heterocycles. The molecular weight excluding hydrogens is 240 g/mol. The van der Waals surface area contributed by atoms with Crippen LogP contribution >= 0.6 is 0 Å². The van der Waals surface area contributed by atoms with Crippen molar-refractivity contribution < 1.29 is 9.90 Å².